The topological polar surface area (TPSA) is 55.1 Å². The maximum absolute atomic E-state index is 11.9. The maximum atomic E-state index is 11.9. The number of carbonyl (C=O) groups excluding carboxylic acids is 1. The third-order valence-electron chi connectivity index (χ3n) is 3.02. The van der Waals surface area contributed by atoms with Crippen LogP contribution in [0.4, 0.5) is 5.69 Å². The van der Waals surface area contributed by atoms with E-state index in [1.54, 1.807) is 0 Å². The molecule has 2 aromatic carbocycles. The minimum atomic E-state index is 0.0149. The van der Waals surface area contributed by atoms with Crippen molar-refractivity contribution in [2.24, 2.45) is 0 Å². The summed E-state index contributed by atoms with van der Waals surface area (Å²) >= 11 is 0. The molecule has 0 aromatic heterocycles. The molecule has 0 heterocycles. The molecule has 3 nitrogen and oxygen atoms in total. The van der Waals surface area contributed by atoms with E-state index in [4.69, 9.17) is 5.73 Å². The average molecular weight is 254 g/mol. The second-order valence-corrected chi connectivity index (χ2v) is 4.62. The molecule has 0 aliphatic rings. The van der Waals surface area contributed by atoms with Crippen LogP contribution in [0.25, 0.3) is 0 Å². The van der Waals surface area contributed by atoms with Gasteiger partial charge in [0, 0.05) is 5.69 Å². The van der Waals surface area contributed by atoms with Crippen molar-refractivity contribution in [1.82, 2.24) is 5.32 Å². The number of hydrogen-bond acceptors (Lipinski definition) is 2. The van der Waals surface area contributed by atoms with E-state index in [2.05, 4.69) is 5.32 Å². The van der Waals surface area contributed by atoms with Gasteiger partial charge in [0.1, 0.15) is 0 Å². The summed E-state index contributed by atoms with van der Waals surface area (Å²) in [6.07, 6.45) is 0.372. The summed E-state index contributed by atoms with van der Waals surface area (Å²) in [4.78, 5) is 11.9. The molecule has 3 heteroatoms. The predicted octanol–water partition coefficient (Wildman–Crippen LogP) is 2.69. The molecule has 2 rings (SSSR count). The van der Waals surface area contributed by atoms with Gasteiger partial charge >= 0.3 is 0 Å². The molecular formula is C16H18N2O. The summed E-state index contributed by atoms with van der Waals surface area (Å²) in [5, 5.41) is 2.99. The van der Waals surface area contributed by atoms with Crippen LogP contribution in [0.15, 0.2) is 54.6 Å². The van der Waals surface area contributed by atoms with Gasteiger partial charge in [-0.3, -0.25) is 4.79 Å². The predicted molar refractivity (Wildman–Crippen MR) is 77.6 cm³/mol. The van der Waals surface area contributed by atoms with Gasteiger partial charge in [-0.15, -0.1) is 0 Å². The Morgan fingerprint density at radius 2 is 1.74 bits per heavy atom. The highest BCUT2D eigenvalue weighted by molar-refractivity contribution is 5.79. The van der Waals surface area contributed by atoms with Crippen LogP contribution >= 0.6 is 0 Å². The summed E-state index contributed by atoms with van der Waals surface area (Å²) in [7, 11) is 0. The van der Waals surface area contributed by atoms with Crippen molar-refractivity contribution in [2.45, 2.75) is 19.4 Å². The third kappa shape index (κ3) is 3.85. The van der Waals surface area contributed by atoms with Crippen molar-refractivity contribution in [3.8, 4) is 0 Å². The Morgan fingerprint density at radius 3 is 2.37 bits per heavy atom. The van der Waals surface area contributed by atoms with E-state index in [1.165, 1.54) is 0 Å². The monoisotopic (exact) mass is 254 g/mol. The Labute approximate surface area is 113 Å². The number of nitrogen functional groups attached to an aromatic ring is 1. The van der Waals surface area contributed by atoms with Crippen LogP contribution < -0.4 is 11.1 Å². The Kier molecular flexibility index (Phi) is 4.18. The van der Waals surface area contributed by atoms with Crippen molar-refractivity contribution in [3.63, 3.8) is 0 Å². The van der Waals surface area contributed by atoms with Crippen molar-refractivity contribution in [1.29, 1.82) is 0 Å². The lowest BCUT2D eigenvalue weighted by Crippen LogP contribution is -2.28. The van der Waals surface area contributed by atoms with Gasteiger partial charge in [-0.05, 0) is 30.2 Å². The summed E-state index contributed by atoms with van der Waals surface area (Å²) in [5.41, 5.74) is 8.39. The van der Waals surface area contributed by atoms with Crippen LogP contribution in [-0.4, -0.2) is 5.91 Å². The molecule has 0 bridgehead atoms. The first kappa shape index (κ1) is 13.1. The number of anilines is 1. The first-order valence-corrected chi connectivity index (χ1v) is 6.34. The fourth-order valence-corrected chi connectivity index (χ4v) is 1.94. The molecular weight excluding hydrogens is 236 g/mol. The van der Waals surface area contributed by atoms with Crippen molar-refractivity contribution in [2.75, 3.05) is 5.73 Å². The number of nitrogens with two attached hydrogens (primary N) is 1. The second kappa shape index (κ2) is 6.05. The fourth-order valence-electron chi connectivity index (χ4n) is 1.94. The Hall–Kier alpha value is -2.29. The highest BCUT2D eigenvalue weighted by Gasteiger charge is 2.09. The molecule has 0 fully saturated rings. The highest BCUT2D eigenvalue weighted by Crippen LogP contribution is 2.12. The minimum Gasteiger partial charge on any atom is -0.399 e. The van der Waals surface area contributed by atoms with E-state index in [-0.39, 0.29) is 11.9 Å². The lowest BCUT2D eigenvalue weighted by atomic mass is 10.1. The quantitative estimate of drug-likeness (QED) is 0.824. The fraction of sp³-hybridized carbons (Fsp3) is 0.188. The van der Waals surface area contributed by atoms with Gasteiger partial charge in [-0.25, -0.2) is 0 Å². The Morgan fingerprint density at radius 1 is 1.11 bits per heavy atom. The van der Waals surface area contributed by atoms with Crippen molar-refractivity contribution >= 4 is 11.6 Å². The lowest BCUT2D eigenvalue weighted by Gasteiger charge is -2.14. The van der Waals surface area contributed by atoms with Crippen LogP contribution in [0.2, 0.25) is 0 Å². The van der Waals surface area contributed by atoms with E-state index in [0.29, 0.717) is 12.1 Å². The zero-order valence-corrected chi connectivity index (χ0v) is 11.0. The van der Waals surface area contributed by atoms with Gasteiger partial charge in [0.05, 0.1) is 12.5 Å². The molecule has 0 spiro atoms. The Balaban J connectivity index is 1.93. The molecule has 0 saturated carbocycles. The molecule has 3 N–H and O–H groups in total. The number of nitrogens with one attached hydrogen (secondary N) is 1. The zero-order valence-electron chi connectivity index (χ0n) is 11.0. The molecule has 0 saturated heterocycles. The van der Waals surface area contributed by atoms with Gasteiger partial charge in [0.15, 0.2) is 0 Å². The summed E-state index contributed by atoms with van der Waals surface area (Å²) in [6, 6.07) is 17.3. The van der Waals surface area contributed by atoms with Crippen molar-refractivity contribution in [3.05, 3.63) is 65.7 Å². The summed E-state index contributed by atoms with van der Waals surface area (Å²) in [6.45, 7) is 1.98. The first-order chi connectivity index (χ1) is 9.15. The molecule has 19 heavy (non-hydrogen) atoms. The van der Waals surface area contributed by atoms with Gasteiger partial charge in [-0.2, -0.15) is 0 Å². The molecule has 0 aliphatic heterocycles. The number of amides is 1. The SMILES string of the molecule is C[C@@H](NC(=O)Cc1ccc(N)cc1)c1ccccc1. The Bertz CT molecular complexity index is 534. The van der Waals surface area contributed by atoms with Gasteiger partial charge in [0.25, 0.3) is 0 Å². The second-order valence-electron chi connectivity index (χ2n) is 4.62. The zero-order chi connectivity index (χ0) is 13.7. The number of carbonyl (C=O) groups is 1. The molecule has 2 aromatic rings. The van der Waals surface area contributed by atoms with Crippen molar-refractivity contribution < 1.29 is 4.79 Å². The van der Waals surface area contributed by atoms with Crippen LogP contribution in [0.1, 0.15) is 24.1 Å². The van der Waals surface area contributed by atoms with Crippen LogP contribution in [0.3, 0.4) is 0 Å². The third-order valence-corrected chi connectivity index (χ3v) is 3.02. The molecule has 98 valence electrons. The number of benzene rings is 2. The van der Waals surface area contributed by atoms with E-state index < -0.39 is 0 Å². The largest absolute Gasteiger partial charge is 0.399 e. The van der Waals surface area contributed by atoms with Gasteiger partial charge in [0.2, 0.25) is 5.91 Å². The van der Waals surface area contributed by atoms with E-state index in [0.717, 1.165) is 11.1 Å². The van der Waals surface area contributed by atoms with E-state index >= 15 is 0 Å². The van der Waals surface area contributed by atoms with Crippen LogP contribution in [0.5, 0.6) is 0 Å². The van der Waals surface area contributed by atoms with Crippen LogP contribution in [-0.2, 0) is 11.2 Å². The summed E-state index contributed by atoms with van der Waals surface area (Å²) < 4.78 is 0. The molecule has 0 unspecified atom stereocenters. The molecule has 0 radical (unpaired) electrons. The van der Waals surface area contributed by atoms with Gasteiger partial charge in [-0.1, -0.05) is 42.5 Å². The molecule has 1 atom stereocenters. The van der Waals surface area contributed by atoms with E-state index in [1.807, 2.05) is 61.5 Å². The number of hydrogen-bond donors (Lipinski definition) is 2. The average Bonchev–Trinajstić information content (AvgIpc) is 2.42. The lowest BCUT2D eigenvalue weighted by molar-refractivity contribution is -0.121. The molecule has 1 amide bonds. The van der Waals surface area contributed by atoms with Crippen LogP contribution in [0, 0.1) is 0 Å². The number of rotatable bonds is 4. The highest BCUT2D eigenvalue weighted by atomic mass is 16.1. The van der Waals surface area contributed by atoms with Gasteiger partial charge < -0.3 is 11.1 Å². The smallest absolute Gasteiger partial charge is 0.224 e. The molecule has 0 aliphatic carbocycles. The normalized spacial score (nSPS) is 11.8. The maximum Gasteiger partial charge on any atom is 0.224 e. The minimum absolute atomic E-state index is 0.0149. The van der Waals surface area contributed by atoms with E-state index in [9.17, 15) is 4.79 Å². The summed E-state index contributed by atoms with van der Waals surface area (Å²) in [5.74, 6) is 0.0149. The first-order valence-electron chi connectivity index (χ1n) is 6.34. The standard InChI is InChI=1S/C16H18N2O/c1-12(14-5-3-2-4-6-14)18-16(19)11-13-7-9-15(17)10-8-13/h2-10,12H,11,17H2,1H3,(H,18,19)/t12-/m1/s1.